The van der Waals surface area contributed by atoms with Crippen molar-refractivity contribution in [1.82, 2.24) is 51.0 Å². The third kappa shape index (κ3) is 13.4. The van der Waals surface area contributed by atoms with E-state index in [1.54, 1.807) is 58.2 Å². The molecule has 0 saturated carbocycles. The van der Waals surface area contributed by atoms with E-state index < -0.39 is 48.7 Å². The molecule has 0 aliphatic carbocycles. The zero-order valence-corrected chi connectivity index (χ0v) is 39.3. The van der Waals surface area contributed by atoms with E-state index in [9.17, 15) is 36.3 Å². The third-order valence-corrected chi connectivity index (χ3v) is 11.4. The summed E-state index contributed by atoms with van der Waals surface area (Å²) in [4.78, 5) is 52.6. The quantitative estimate of drug-likeness (QED) is 0.0714. The highest BCUT2D eigenvalue weighted by molar-refractivity contribution is 7.91. The molecule has 67 heavy (non-hydrogen) atoms. The van der Waals surface area contributed by atoms with Gasteiger partial charge in [-0.3, -0.25) is 14.4 Å². The van der Waals surface area contributed by atoms with Gasteiger partial charge in [0.05, 0.1) is 17.0 Å². The Balaban J connectivity index is 0.000000252. The van der Waals surface area contributed by atoms with E-state index in [-0.39, 0.29) is 55.8 Å². The molecule has 6 rings (SSSR count). The molecule has 0 unspecified atom stereocenters. The number of rotatable bonds is 15. The summed E-state index contributed by atoms with van der Waals surface area (Å²) >= 11 is 0. The molecule has 0 fully saturated rings. The van der Waals surface area contributed by atoms with Crippen LogP contribution in [0.1, 0.15) is 66.7 Å². The first kappa shape index (κ1) is 50.2. The maximum absolute atomic E-state index is 12.3. The van der Waals surface area contributed by atoms with Gasteiger partial charge in [-0.25, -0.2) is 36.8 Å². The summed E-state index contributed by atoms with van der Waals surface area (Å²) in [5, 5.41) is 42.6. The number of hydrogen-bond acceptors (Lipinski definition) is 21. The van der Waals surface area contributed by atoms with Crippen molar-refractivity contribution in [3.05, 3.63) is 108 Å². The zero-order chi connectivity index (χ0) is 49.3. The normalized spacial score (nSPS) is 11.6. The van der Waals surface area contributed by atoms with E-state index in [1.807, 2.05) is 0 Å². The molecule has 6 aromatic rings. The molecule has 6 heterocycles. The second kappa shape index (κ2) is 20.6. The maximum Gasteiger partial charge on any atom is 0.303 e. The summed E-state index contributed by atoms with van der Waals surface area (Å²) in [6.07, 6.45) is 8.06. The summed E-state index contributed by atoms with van der Waals surface area (Å²) in [5.41, 5.74) is -0.305. The van der Waals surface area contributed by atoms with E-state index in [4.69, 9.17) is 4.74 Å². The van der Waals surface area contributed by atoms with Gasteiger partial charge in [-0.2, -0.15) is 0 Å². The average molecular weight is 957 g/mol. The minimum absolute atomic E-state index is 0.0296. The SMILES string of the molecule is CNC(=O)c1nnc(Nc2ccc(C(C)(C)O)cn2)cc1Nc1ncccc1S(C)(=O)=O.CNC(=O)c1nnc(Nc2ccc(C(C)(C)OC(C)=O)cn2)cc1Nc1ncccc1S(C)(=O)=O. The molecule has 0 aromatic carbocycles. The lowest BCUT2D eigenvalue weighted by Gasteiger charge is -2.24. The molecule has 0 radical (unpaired) electrons. The molecule has 352 valence electrons. The Morgan fingerprint density at radius 1 is 0.582 bits per heavy atom. The first-order valence-corrected chi connectivity index (χ1v) is 23.6. The standard InChI is InChI=1S/C22H25N7O5S.C20H23N7O4S/c1-13(30)34-22(2,3)14-8-9-17(25-12-14)27-18-11-15(19(29-28-18)21(31)23-4)26-20-16(35(5,32)33)7-6-10-24-20;1-20(2,29)12-7-8-15(23-11-12)25-16-10-13(17(27-26-16)19(28)21-3)24-18-14(32(4,30)31)6-5-9-22-18/h6-12H,1-5H3,(H,23,31)(H2,24,25,26,27,28);5-11,29H,1-4H3,(H,21,28)(H2,22,23,24,25,26). The predicted molar refractivity (Wildman–Crippen MR) is 247 cm³/mol. The monoisotopic (exact) mass is 956 g/mol. The van der Waals surface area contributed by atoms with Gasteiger partial charge in [0.1, 0.15) is 38.7 Å². The summed E-state index contributed by atoms with van der Waals surface area (Å²) in [6.45, 7) is 8.15. The number of aliphatic hydroxyl groups is 1. The molecule has 6 aromatic heterocycles. The number of pyridine rings is 4. The van der Waals surface area contributed by atoms with Gasteiger partial charge >= 0.3 is 5.97 Å². The van der Waals surface area contributed by atoms with Crippen molar-refractivity contribution in [1.29, 1.82) is 0 Å². The summed E-state index contributed by atoms with van der Waals surface area (Å²) in [5.74, 6) is -0.0427. The highest BCUT2D eigenvalue weighted by atomic mass is 32.2. The van der Waals surface area contributed by atoms with Crippen molar-refractivity contribution in [3.63, 3.8) is 0 Å². The van der Waals surface area contributed by atoms with Crippen LogP contribution >= 0.6 is 0 Å². The highest BCUT2D eigenvalue weighted by Gasteiger charge is 2.25. The lowest BCUT2D eigenvalue weighted by Crippen LogP contribution is -2.24. The third-order valence-electron chi connectivity index (χ3n) is 9.16. The van der Waals surface area contributed by atoms with Gasteiger partial charge in [-0.15, -0.1) is 20.4 Å². The molecule has 7 N–H and O–H groups in total. The van der Waals surface area contributed by atoms with Crippen molar-refractivity contribution in [2.75, 3.05) is 47.9 Å². The lowest BCUT2D eigenvalue weighted by molar-refractivity contribution is -0.154. The molecule has 0 atom stereocenters. The van der Waals surface area contributed by atoms with Gasteiger partial charge in [0.2, 0.25) is 0 Å². The number of carbonyl (C=O) groups excluding carboxylic acids is 3. The summed E-state index contributed by atoms with van der Waals surface area (Å²) in [7, 11) is -4.29. The Labute approximate surface area is 385 Å². The number of carbonyl (C=O) groups is 3. The fraction of sp³-hybridized carbons (Fsp3) is 0.262. The van der Waals surface area contributed by atoms with Crippen molar-refractivity contribution in [2.45, 2.75) is 55.6 Å². The molecule has 0 saturated heterocycles. The minimum Gasteiger partial charge on any atom is -0.455 e. The Morgan fingerprint density at radius 2 is 1.00 bits per heavy atom. The highest BCUT2D eigenvalue weighted by Crippen LogP contribution is 2.30. The molecule has 25 heteroatoms. The van der Waals surface area contributed by atoms with Crippen LogP contribution in [0.5, 0.6) is 0 Å². The van der Waals surface area contributed by atoms with E-state index in [0.29, 0.717) is 22.8 Å². The van der Waals surface area contributed by atoms with E-state index >= 15 is 0 Å². The van der Waals surface area contributed by atoms with Gasteiger partial charge in [0, 0.05) is 81.6 Å². The van der Waals surface area contributed by atoms with Crippen LogP contribution in [0, 0.1) is 0 Å². The van der Waals surface area contributed by atoms with Gasteiger partial charge < -0.3 is 41.7 Å². The number of ether oxygens (including phenoxy) is 1. The second-order valence-corrected chi connectivity index (χ2v) is 19.4. The fourth-order valence-corrected chi connectivity index (χ4v) is 7.39. The van der Waals surface area contributed by atoms with Crippen molar-refractivity contribution in [2.24, 2.45) is 0 Å². The molecule has 0 aliphatic heterocycles. The van der Waals surface area contributed by atoms with Gasteiger partial charge in [-0.1, -0.05) is 6.07 Å². The summed E-state index contributed by atoms with van der Waals surface area (Å²) in [6, 6.07) is 15.6. The minimum atomic E-state index is -3.59. The largest absolute Gasteiger partial charge is 0.455 e. The predicted octanol–water partition coefficient (Wildman–Crippen LogP) is 4.06. The van der Waals surface area contributed by atoms with Gasteiger partial charge in [0.25, 0.3) is 11.8 Å². The first-order chi connectivity index (χ1) is 31.4. The number of nitrogens with zero attached hydrogens (tertiary/aromatic N) is 8. The summed E-state index contributed by atoms with van der Waals surface area (Å²) < 4.78 is 53.8. The first-order valence-electron chi connectivity index (χ1n) is 19.8. The number of nitrogens with one attached hydrogen (secondary N) is 6. The Kier molecular flexibility index (Phi) is 15.4. The molecule has 0 bridgehead atoms. The van der Waals surface area contributed by atoms with E-state index in [2.05, 4.69) is 72.2 Å². The molecule has 23 nitrogen and oxygen atoms in total. The van der Waals surface area contributed by atoms with E-state index in [1.165, 1.54) is 76.0 Å². The molecule has 0 spiro atoms. The maximum atomic E-state index is 12.3. The average Bonchev–Trinajstić information content (AvgIpc) is 3.25. The molecule has 0 aliphatic rings. The van der Waals surface area contributed by atoms with Crippen LogP contribution in [0.25, 0.3) is 0 Å². The van der Waals surface area contributed by atoms with Crippen LogP contribution in [0.4, 0.5) is 46.3 Å². The molecular weight excluding hydrogens is 909 g/mol. The number of sulfone groups is 2. The van der Waals surface area contributed by atoms with Crippen LogP contribution in [0.15, 0.2) is 95.2 Å². The number of aromatic nitrogens is 8. The Bertz CT molecular complexity index is 3010. The van der Waals surface area contributed by atoms with Crippen molar-refractivity contribution < 1.29 is 41.1 Å². The number of anilines is 8. The topological polar surface area (TPSA) is 324 Å². The van der Waals surface area contributed by atoms with Crippen LogP contribution < -0.4 is 31.9 Å². The Morgan fingerprint density at radius 3 is 1.34 bits per heavy atom. The molecular formula is C42H48N14O9S2. The number of amides is 2. The number of hydrogen-bond donors (Lipinski definition) is 7. The molecule has 2 amide bonds. The van der Waals surface area contributed by atoms with Crippen LogP contribution in [-0.4, -0.2) is 107 Å². The lowest BCUT2D eigenvalue weighted by atomic mass is 10.0. The smallest absolute Gasteiger partial charge is 0.303 e. The van der Waals surface area contributed by atoms with E-state index in [0.717, 1.165) is 12.5 Å². The van der Waals surface area contributed by atoms with Crippen LogP contribution in [-0.2, 0) is 40.4 Å². The van der Waals surface area contributed by atoms with Crippen LogP contribution in [0.2, 0.25) is 0 Å². The fourth-order valence-electron chi connectivity index (χ4n) is 5.83. The second-order valence-electron chi connectivity index (χ2n) is 15.4. The van der Waals surface area contributed by atoms with Crippen molar-refractivity contribution >= 4 is 83.7 Å². The van der Waals surface area contributed by atoms with Crippen molar-refractivity contribution in [3.8, 4) is 0 Å². The van der Waals surface area contributed by atoms with Gasteiger partial charge in [0.15, 0.2) is 42.7 Å². The van der Waals surface area contributed by atoms with Crippen LogP contribution in [0.3, 0.4) is 0 Å². The van der Waals surface area contributed by atoms with Gasteiger partial charge in [-0.05, 0) is 70.2 Å². The number of esters is 1. The Hall–Kier alpha value is -7.77. The zero-order valence-electron chi connectivity index (χ0n) is 37.7.